The summed E-state index contributed by atoms with van der Waals surface area (Å²) in [4.78, 5) is 24.1. The Kier molecular flexibility index (Phi) is 17.8. The van der Waals surface area contributed by atoms with Crippen molar-refractivity contribution in [3.8, 4) is 0 Å². The second-order valence-electron chi connectivity index (χ2n) is 10.3. The van der Waals surface area contributed by atoms with E-state index < -0.39 is 123 Å². The van der Waals surface area contributed by atoms with Crippen molar-refractivity contribution in [2.75, 3.05) is 13.2 Å². The van der Waals surface area contributed by atoms with E-state index in [-0.39, 0.29) is 37.7 Å². The Morgan fingerprint density at radius 1 is 0.520 bits per heavy atom. The van der Waals surface area contributed by atoms with Gasteiger partial charge in [-0.3, -0.25) is 9.59 Å². The number of carbonyl (C=O) groups is 2. The summed E-state index contributed by atoms with van der Waals surface area (Å²) in [5.74, 6) is -41.4. The zero-order chi connectivity index (χ0) is 39.5. The van der Waals surface area contributed by atoms with Crippen LogP contribution in [0.4, 0.5) is 79.0 Å². The van der Waals surface area contributed by atoms with Gasteiger partial charge < -0.3 is 9.47 Å². The summed E-state index contributed by atoms with van der Waals surface area (Å²) in [5, 5.41) is 9.88. The molecule has 1 unspecified atom stereocenters. The van der Waals surface area contributed by atoms with Gasteiger partial charge >= 0.3 is 59.8 Å². The minimum Gasteiger partial charge on any atom is -0.466 e. The highest BCUT2D eigenvalue weighted by Gasteiger charge is 2.82. The summed E-state index contributed by atoms with van der Waals surface area (Å²) >= 11 is -0.00324. The molecule has 0 saturated heterocycles. The lowest BCUT2D eigenvalue weighted by Gasteiger charge is -2.33. The first-order valence-corrected chi connectivity index (χ1v) is 14.6. The third kappa shape index (κ3) is 12.5. The molecule has 0 radical (unpaired) electrons. The van der Waals surface area contributed by atoms with E-state index in [0.717, 1.165) is 0 Å². The minimum atomic E-state index is -7.02. The van der Waals surface area contributed by atoms with Crippen LogP contribution in [0.15, 0.2) is 0 Å². The molecule has 0 bridgehead atoms. The van der Waals surface area contributed by atoms with Gasteiger partial charge in [-0.2, -0.15) is 79.0 Å². The molecule has 0 aromatic carbocycles. The van der Waals surface area contributed by atoms with E-state index in [0.29, 0.717) is 0 Å². The molecule has 1 N–H and O–H groups in total. The highest BCUT2D eigenvalue weighted by Crippen LogP contribution is 2.55. The number of halogens is 18. The molecule has 0 aromatic rings. The van der Waals surface area contributed by atoms with Gasteiger partial charge in [-0.25, -0.2) is 5.26 Å². The average molecular weight is 803 g/mol. The summed E-state index contributed by atoms with van der Waals surface area (Å²) < 4.78 is 245. The van der Waals surface area contributed by atoms with E-state index >= 15 is 0 Å². The summed E-state index contributed by atoms with van der Waals surface area (Å²) in [6.45, 7) is -1.04. The van der Waals surface area contributed by atoms with Crippen molar-refractivity contribution in [3.05, 3.63) is 0 Å². The zero-order valence-corrected chi connectivity index (χ0v) is 25.7. The van der Waals surface area contributed by atoms with Crippen LogP contribution in [0.5, 0.6) is 0 Å². The fourth-order valence-electron chi connectivity index (χ4n) is 3.62. The van der Waals surface area contributed by atoms with Gasteiger partial charge in [-0.1, -0.05) is 30.7 Å². The quantitative estimate of drug-likeness (QED) is 0.0258. The number of rotatable bonds is 24. The number of alkyl halides is 18. The topological polar surface area (TPSA) is 91.3 Å². The van der Waals surface area contributed by atoms with Gasteiger partial charge in [0.25, 0.3) is 0 Å². The highest BCUT2D eigenvalue weighted by atomic mass is 32.2. The Bertz CT molecular complexity index is 1050. The Balaban J connectivity index is 4.60. The van der Waals surface area contributed by atoms with E-state index in [4.69, 9.17) is 14.7 Å². The minimum absolute atomic E-state index is 0.00324. The van der Waals surface area contributed by atoms with Gasteiger partial charge in [0.1, 0.15) is 5.25 Å². The van der Waals surface area contributed by atoms with Crippen molar-refractivity contribution in [3.63, 3.8) is 0 Å². The zero-order valence-electron chi connectivity index (χ0n) is 24.9. The van der Waals surface area contributed by atoms with Crippen LogP contribution in [0.3, 0.4) is 0 Å². The average Bonchev–Trinajstić information content (AvgIpc) is 2.96. The summed E-state index contributed by atoms with van der Waals surface area (Å²) in [7, 11) is 0. The number of unbranched alkanes of at least 4 members (excludes halogenated alkanes) is 6. The van der Waals surface area contributed by atoms with Crippen LogP contribution < -0.4 is 0 Å². The van der Waals surface area contributed by atoms with E-state index in [2.05, 4.69) is 9.37 Å². The lowest BCUT2D eigenvalue weighted by molar-refractivity contribution is -0.432. The number of hydrogen-bond acceptors (Lipinski definition) is 8. The lowest BCUT2D eigenvalue weighted by Crippen LogP contribution is -2.60. The third-order valence-corrected chi connectivity index (χ3v) is 7.23. The molecular weight excluding hydrogens is 774 g/mol. The largest absolute Gasteiger partial charge is 0.466 e. The molecule has 0 aromatic heterocycles. The highest BCUT2D eigenvalue weighted by molar-refractivity contribution is 7.95. The second-order valence-corrected chi connectivity index (χ2v) is 11.2. The predicted molar refractivity (Wildman–Crippen MR) is 131 cm³/mol. The van der Waals surface area contributed by atoms with Crippen LogP contribution in [0, 0.1) is 0 Å². The second kappa shape index (κ2) is 18.6. The number of hydrogen-bond donors (Lipinski definition) is 1. The first kappa shape index (κ1) is 47.9. The van der Waals surface area contributed by atoms with Crippen LogP contribution in [0.25, 0.3) is 0 Å². The van der Waals surface area contributed by atoms with Gasteiger partial charge in [-0.05, 0) is 25.7 Å². The molecule has 0 saturated carbocycles. The first-order chi connectivity index (χ1) is 22.4. The van der Waals surface area contributed by atoms with Gasteiger partial charge in [0.05, 0.1) is 31.7 Å². The molecule has 7 nitrogen and oxygen atoms in total. The molecule has 0 aliphatic carbocycles. The Hall–Kier alpha value is -2.09. The molecule has 26 heteroatoms. The van der Waals surface area contributed by atoms with Crippen LogP contribution in [-0.2, 0) is 28.4 Å². The molecule has 0 aliphatic heterocycles. The summed E-state index contributed by atoms with van der Waals surface area (Å²) in [5.41, 5.74) is 0. The normalized spacial score (nSPS) is 14.9. The number of ether oxygens (including phenoxy) is 2. The van der Waals surface area contributed by atoms with Gasteiger partial charge in [0.2, 0.25) is 0 Å². The standard InChI is InChI=1S/C24H28F18O7S/c25-17(26,19(29,30)21(33,34)23(37,38)39)9-5-1-3-7-11-46-15(43)13-14(50-49-48-45)16(44)47-12-8-4-2-6-10-18(27,28)20(31,32)22(35,36)24(40,41)42/h14,45H,1-13H2. The van der Waals surface area contributed by atoms with Gasteiger partial charge in [0.15, 0.2) is 0 Å². The van der Waals surface area contributed by atoms with Crippen molar-refractivity contribution in [2.24, 2.45) is 0 Å². The smallest absolute Gasteiger partial charge is 0.460 e. The van der Waals surface area contributed by atoms with Crippen molar-refractivity contribution in [1.29, 1.82) is 0 Å². The predicted octanol–water partition coefficient (Wildman–Crippen LogP) is 9.74. The molecule has 1 atom stereocenters. The molecule has 0 heterocycles. The van der Waals surface area contributed by atoms with Crippen LogP contribution in [-0.4, -0.2) is 83.5 Å². The van der Waals surface area contributed by atoms with Crippen molar-refractivity contribution in [2.45, 2.75) is 124 Å². The fourth-order valence-corrected chi connectivity index (χ4v) is 4.10. The maximum atomic E-state index is 13.5. The van der Waals surface area contributed by atoms with Crippen molar-refractivity contribution < 1.29 is 113 Å². The maximum absolute atomic E-state index is 13.5. The summed E-state index contributed by atoms with van der Waals surface area (Å²) in [6, 6.07) is 0. The van der Waals surface area contributed by atoms with E-state index in [1.807, 2.05) is 0 Å². The van der Waals surface area contributed by atoms with Gasteiger partial charge in [0, 0.05) is 12.8 Å². The molecule has 0 amide bonds. The van der Waals surface area contributed by atoms with E-state index in [1.165, 1.54) is 0 Å². The molecule has 50 heavy (non-hydrogen) atoms. The van der Waals surface area contributed by atoms with Crippen molar-refractivity contribution >= 4 is 24.0 Å². The summed E-state index contributed by atoms with van der Waals surface area (Å²) in [6.07, 6.45) is -22.3. The van der Waals surface area contributed by atoms with E-state index in [1.54, 1.807) is 0 Å². The molecular formula is C24H28F18O7S. The molecule has 0 aliphatic rings. The SMILES string of the molecule is O=C(CC(SOOO)C(=O)OCCCCCCC(F)(F)C(F)(F)C(F)(F)C(F)(F)F)OCCCCCCC(F)(F)C(F)(F)C(F)(F)C(F)(F)F. The number of esters is 2. The van der Waals surface area contributed by atoms with Gasteiger partial charge in [-0.15, -0.1) is 4.33 Å². The number of carbonyl (C=O) groups excluding carboxylic acids is 2. The Labute approximate surface area is 274 Å². The van der Waals surface area contributed by atoms with Crippen LogP contribution >= 0.6 is 12.0 Å². The molecule has 0 spiro atoms. The van der Waals surface area contributed by atoms with Crippen molar-refractivity contribution in [1.82, 2.24) is 0 Å². The third-order valence-electron chi connectivity index (χ3n) is 6.50. The Morgan fingerprint density at radius 2 is 0.880 bits per heavy atom. The Morgan fingerprint density at radius 3 is 1.24 bits per heavy atom. The van der Waals surface area contributed by atoms with Crippen LogP contribution in [0.2, 0.25) is 0 Å². The monoisotopic (exact) mass is 802 g/mol. The molecule has 0 rings (SSSR count). The van der Waals surface area contributed by atoms with Crippen LogP contribution in [0.1, 0.15) is 70.6 Å². The maximum Gasteiger partial charge on any atom is 0.460 e. The fraction of sp³-hybridized carbons (Fsp3) is 0.917. The lowest BCUT2D eigenvalue weighted by atomic mass is 9.98. The van der Waals surface area contributed by atoms with E-state index in [9.17, 15) is 88.6 Å². The first-order valence-electron chi connectivity index (χ1n) is 13.8. The molecule has 0 fully saturated rings. The molecule has 298 valence electrons.